The second-order valence-corrected chi connectivity index (χ2v) is 5.20. The van der Waals surface area contributed by atoms with E-state index in [0.29, 0.717) is 11.1 Å². The molecule has 0 heterocycles. The fraction of sp³-hybridized carbons (Fsp3) is 0.158. The van der Waals surface area contributed by atoms with E-state index in [1.54, 1.807) is 24.3 Å². The van der Waals surface area contributed by atoms with Crippen molar-refractivity contribution in [1.29, 1.82) is 0 Å². The number of nitrogens with one attached hydrogen (secondary N) is 1. The zero-order valence-corrected chi connectivity index (χ0v) is 14.1. The molecule has 1 N–H and O–H groups in total. The number of amides is 1. The number of benzene rings is 2. The molecule has 7 heteroatoms. The average molecular weight is 355 g/mol. The van der Waals surface area contributed by atoms with Crippen LogP contribution in [-0.2, 0) is 19.1 Å². The van der Waals surface area contributed by atoms with Gasteiger partial charge in [0.1, 0.15) is 6.54 Å². The van der Waals surface area contributed by atoms with E-state index in [0.717, 1.165) is 0 Å². The van der Waals surface area contributed by atoms with Gasteiger partial charge >= 0.3 is 11.9 Å². The molecule has 0 fully saturated rings. The van der Waals surface area contributed by atoms with Gasteiger partial charge in [0, 0.05) is 11.1 Å². The molecule has 0 saturated carbocycles. The van der Waals surface area contributed by atoms with E-state index in [1.165, 1.54) is 31.4 Å². The third-order valence-electron chi connectivity index (χ3n) is 3.41. The third-order valence-corrected chi connectivity index (χ3v) is 3.41. The molecule has 0 spiro atoms. The summed E-state index contributed by atoms with van der Waals surface area (Å²) in [5.41, 5.74) is 1.18. The molecule has 0 aliphatic heterocycles. The van der Waals surface area contributed by atoms with E-state index >= 15 is 0 Å². The second kappa shape index (κ2) is 9.12. The molecule has 0 atom stereocenters. The lowest BCUT2D eigenvalue weighted by Gasteiger charge is -2.06. The van der Waals surface area contributed by atoms with Crippen LogP contribution in [0.15, 0.2) is 54.6 Å². The van der Waals surface area contributed by atoms with E-state index in [-0.39, 0.29) is 17.9 Å². The highest BCUT2D eigenvalue weighted by molar-refractivity contribution is 6.09. The lowest BCUT2D eigenvalue weighted by atomic mass is 10.0. The monoisotopic (exact) mass is 355 g/mol. The van der Waals surface area contributed by atoms with Crippen molar-refractivity contribution >= 4 is 23.6 Å². The summed E-state index contributed by atoms with van der Waals surface area (Å²) in [5, 5.41) is 2.25. The van der Waals surface area contributed by atoms with Gasteiger partial charge in [-0.3, -0.25) is 14.4 Å². The lowest BCUT2D eigenvalue weighted by molar-refractivity contribution is -0.141. The van der Waals surface area contributed by atoms with Crippen LogP contribution in [0.1, 0.15) is 26.3 Å². The van der Waals surface area contributed by atoms with Crippen LogP contribution in [-0.4, -0.2) is 43.9 Å². The van der Waals surface area contributed by atoms with Crippen LogP contribution in [0, 0.1) is 0 Å². The number of hydrogen-bond acceptors (Lipinski definition) is 6. The predicted molar refractivity (Wildman–Crippen MR) is 91.6 cm³/mol. The van der Waals surface area contributed by atoms with Crippen LogP contribution >= 0.6 is 0 Å². The Balaban J connectivity index is 1.89. The number of rotatable bonds is 7. The summed E-state index contributed by atoms with van der Waals surface area (Å²) in [5.74, 6) is -2.10. The molecule has 0 unspecified atom stereocenters. The summed E-state index contributed by atoms with van der Waals surface area (Å²) in [4.78, 5) is 46.6. The normalized spacial score (nSPS) is 9.88. The van der Waals surface area contributed by atoms with Gasteiger partial charge in [-0.05, 0) is 12.1 Å². The minimum Gasteiger partial charge on any atom is -0.468 e. The van der Waals surface area contributed by atoms with Crippen LogP contribution in [0.25, 0.3) is 0 Å². The van der Waals surface area contributed by atoms with E-state index in [1.807, 2.05) is 6.07 Å². The van der Waals surface area contributed by atoms with Crippen LogP contribution < -0.4 is 5.32 Å². The largest absolute Gasteiger partial charge is 0.468 e. The highest BCUT2D eigenvalue weighted by atomic mass is 16.5. The highest BCUT2D eigenvalue weighted by Crippen LogP contribution is 2.11. The van der Waals surface area contributed by atoms with Crippen molar-refractivity contribution in [2.24, 2.45) is 0 Å². The molecule has 0 aliphatic carbocycles. The first-order valence-corrected chi connectivity index (χ1v) is 7.71. The maximum absolute atomic E-state index is 12.3. The molecule has 0 radical (unpaired) electrons. The van der Waals surface area contributed by atoms with Crippen LogP contribution in [0.5, 0.6) is 0 Å². The minimum atomic E-state index is -0.711. The zero-order valence-electron chi connectivity index (χ0n) is 14.1. The molecular weight excluding hydrogens is 338 g/mol. The summed E-state index contributed by atoms with van der Waals surface area (Å²) in [6.45, 7) is -0.830. The van der Waals surface area contributed by atoms with Crippen molar-refractivity contribution in [1.82, 2.24) is 5.32 Å². The average Bonchev–Trinajstić information content (AvgIpc) is 2.70. The topological polar surface area (TPSA) is 98.8 Å². The first-order valence-electron chi connectivity index (χ1n) is 7.71. The maximum atomic E-state index is 12.3. The summed E-state index contributed by atoms with van der Waals surface area (Å²) < 4.78 is 9.22. The Morgan fingerprint density at radius 1 is 0.846 bits per heavy atom. The van der Waals surface area contributed by atoms with Crippen molar-refractivity contribution < 1.29 is 28.7 Å². The van der Waals surface area contributed by atoms with Gasteiger partial charge in [-0.2, -0.15) is 0 Å². The second-order valence-electron chi connectivity index (χ2n) is 5.20. The molecule has 26 heavy (non-hydrogen) atoms. The number of hydrogen-bond donors (Lipinski definition) is 1. The number of ether oxygens (including phenoxy) is 2. The lowest BCUT2D eigenvalue weighted by Crippen LogP contribution is -2.33. The Labute approximate surface area is 149 Å². The van der Waals surface area contributed by atoms with Crippen LogP contribution in [0.3, 0.4) is 0 Å². The van der Waals surface area contributed by atoms with Gasteiger partial charge in [0.05, 0.1) is 12.7 Å². The van der Waals surface area contributed by atoms with Crippen LogP contribution in [0.4, 0.5) is 0 Å². The Hall–Kier alpha value is -3.48. The minimum absolute atomic E-state index is 0.160. The van der Waals surface area contributed by atoms with Gasteiger partial charge < -0.3 is 14.8 Å². The zero-order chi connectivity index (χ0) is 18.9. The predicted octanol–water partition coefficient (Wildman–Crippen LogP) is 1.36. The molecule has 0 bridgehead atoms. The summed E-state index contributed by atoms with van der Waals surface area (Å²) in [6, 6.07) is 14.7. The van der Waals surface area contributed by atoms with Gasteiger partial charge in [-0.15, -0.1) is 0 Å². The number of esters is 2. The van der Waals surface area contributed by atoms with Crippen molar-refractivity contribution in [2.45, 2.75) is 0 Å². The number of ketones is 1. The van der Waals surface area contributed by atoms with Gasteiger partial charge in [-0.1, -0.05) is 42.5 Å². The molecule has 2 aromatic carbocycles. The molecule has 7 nitrogen and oxygen atoms in total. The van der Waals surface area contributed by atoms with E-state index < -0.39 is 24.5 Å². The maximum Gasteiger partial charge on any atom is 0.338 e. The van der Waals surface area contributed by atoms with E-state index in [9.17, 15) is 19.2 Å². The first-order chi connectivity index (χ1) is 12.5. The van der Waals surface area contributed by atoms with Gasteiger partial charge in [-0.25, -0.2) is 4.79 Å². The summed E-state index contributed by atoms with van der Waals surface area (Å²) >= 11 is 0. The highest BCUT2D eigenvalue weighted by Gasteiger charge is 2.13. The summed E-state index contributed by atoms with van der Waals surface area (Å²) in [7, 11) is 1.20. The van der Waals surface area contributed by atoms with Crippen molar-refractivity contribution in [2.75, 3.05) is 20.3 Å². The molecule has 2 aromatic rings. The molecule has 0 aromatic heterocycles. The molecular formula is C19H17NO6. The fourth-order valence-corrected chi connectivity index (χ4v) is 2.02. The van der Waals surface area contributed by atoms with Crippen LogP contribution in [0.2, 0.25) is 0 Å². The SMILES string of the molecule is COC(=O)CNC(=O)COC(=O)c1ccc(C(=O)c2ccccc2)cc1. The fourth-order valence-electron chi connectivity index (χ4n) is 2.02. The van der Waals surface area contributed by atoms with Gasteiger partial charge in [0.15, 0.2) is 12.4 Å². The summed E-state index contributed by atoms with van der Waals surface area (Å²) in [6.07, 6.45) is 0. The Bertz CT molecular complexity index is 799. The van der Waals surface area contributed by atoms with Crippen molar-refractivity contribution in [3.05, 3.63) is 71.3 Å². The van der Waals surface area contributed by atoms with Crippen molar-refractivity contribution in [3.63, 3.8) is 0 Å². The molecule has 1 amide bonds. The van der Waals surface area contributed by atoms with Crippen molar-refractivity contribution in [3.8, 4) is 0 Å². The van der Waals surface area contributed by atoms with E-state index in [4.69, 9.17) is 4.74 Å². The molecule has 0 aliphatic rings. The standard InChI is InChI=1S/C19H17NO6/c1-25-17(22)11-20-16(21)12-26-19(24)15-9-7-14(8-10-15)18(23)13-5-3-2-4-6-13/h2-10H,11-12H2,1H3,(H,20,21). The number of methoxy groups -OCH3 is 1. The Morgan fingerprint density at radius 3 is 2.04 bits per heavy atom. The number of carbonyl (C=O) groups excluding carboxylic acids is 4. The smallest absolute Gasteiger partial charge is 0.338 e. The first kappa shape index (κ1) is 18.9. The molecule has 2 rings (SSSR count). The molecule has 134 valence electrons. The van der Waals surface area contributed by atoms with Gasteiger partial charge in [0.2, 0.25) is 0 Å². The Morgan fingerprint density at radius 2 is 1.42 bits per heavy atom. The quantitative estimate of drug-likeness (QED) is 0.595. The third kappa shape index (κ3) is 5.27. The van der Waals surface area contributed by atoms with E-state index in [2.05, 4.69) is 10.1 Å². The Kier molecular flexibility index (Phi) is 6.61. The van der Waals surface area contributed by atoms with Gasteiger partial charge in [0.25, 0.3) is 5.91 Å². The number of carbonyl (C=O) groups is 4. The molecule has 0 saturated heterocycles.